The molecule has 2 rings (SSSR count). The maximum absolute atomic E-state index is 11.5. The van der Waals surface area contributed by atoms with Crippen LogP contribution in [0.2, 0.25) is 0 Å². The van der Waals surface area contributed by atoms with Crippen LogP contribution in [-0.2, 0) is 4.79 Å². The van der Waals surface area contributed by atoms with Gasteiger partial charge in [-0.25, -0.2) is 4.79 Å². The molecule has 2 aliphatic rings. The van der Waals surface area contributed by atoms with Gasteiger partial charge in [-0.05, 0) is 31.1 Å². The van der Waals surface area contributed by atoms with Crippen LogP contribution in [-0.4, -0.2) is 40.1 Å². The van der Waals surface area contributed by atoms with Crippen molar-refractivity contribution in [1.82, 2.24) is 4.90 Å². The van der Waals surface area contributed by atoms with Crippen LogP contribution in [0.15, 0.2) is 11.8 Å². The third-order valence-corrected chi connectivity index (χ3v) is 5.11. The summed E-state index contributed by atoms with van der Waals surface area (Å²) in [7, 11) is 0. The SMILES string of the molecule is O=C(O)C1=CCSCCCN1C1CCCCCCC1. The first kappa shape index (κ1) is 14.8. The van der Waals surface area contributed by atoms with Crippen molar-refractivity contribution in [1.29, 1.82) is 0 Å². The van der Waals surface area contributed by atoms with Crippen LogP contribution in [0.4, 0.5) is 0 Å². The summed E-state index contributed by atoms with van der Waals surface area (Å²) in [6.45, 7) is 0.912. The van der Waals surface area contributed by atoms with Crippen molar-refractivity contribution in [2.24, 2.45) is 0 Å². The highest BCUT2D eigenvalue weighted by atomic mass is 32.2. The second-order valence-corrected chi connectivity index (χ2v) is 6.67. The van der Waals surface area contributed by atoms with E-state index in [2.05, 4.69) is 4.90 Å². The predicted octanol–water partition coefficient (Wildman–Crippen LogP) is 3.51. The summed E-state index contributed by atoms with van der Waals surface area (Å²) in [4.78, 5) is 13.7. The molecule has 0 amide bonds. The lowest BCUT2D eigenvalue weighted by atomic mass is 9.95. The van der Waals surface area contributed by atoms with Crippen molar-refractivity contribution < 1.29 is 9.90 Å². The van der Waals surface area contributed by atoms with Gasteiger partial charge in [0.1, 0.15) is 5.70 Å². The highest BCUT2D eigenvalue weighted by Crippen LogP contribution is 2.26. The fraction of sp³-hybridized carbons (Fsp3) is 0.800. The summed E-state index contributed by atoms with van der Waals surface area (Å²) in [6, 6.07) is 0.450. The average Bonchev–Trinajstić information content (AvgIpc) is 2.29. The molecule has 108 valence electrons. The molecule has 4 heteroatoms. The Morgan fingerprint density at radius 2 is 1.84 bits per heavy atom. The number of nitrogens with zero attached hydrogens (tertiary/aromatic N) is 1. The van der Waals surface area contributed by atoms with Gasteiger partial charge in [0.05, 0.1) is 0 Å². The van der Waals surface area contributed by atoms with E-state index < -0.39 is 5.97 Å². The summed E-state index contributed by atoms with van der Waals surface area (Å²) in [5.74, 6) is 1.24. The number of rotatable bonds is 2. The zero-order valence-corrected chi connectivity index (χ0v) is 12.5. The lowest BCUT2D eigenvalue weighted by molar-refractivity contribution is -0.134. The summed E-state index contributed by atoms with van der Waals surface area (Å²) >= 11 is 1.84. The Morgan fingerprint density at radius 3 is 2.53 bits per heavy atom. The summed E-state index contributed by atoms with van der Waals surface area (Å²) in [6.07, 6.45) is 11.8. The Hall–Kier alpha value is -0.640. The molecule has 0 unspecified atom stereocenters. The molecule has 0 aromatic rings. The van der Waals surface area contributed by atoms with Crippen molar-refractivity contribution in [2.75, 3.05) is 18.1 Å². The fourth-order valence-electron chi connectivity index (χ4n) is 3.13. The maximum atomic E-state index is 11.5. The second-order valence-electron chi connectivity index (χ2n) is 5.52. The van der Waals surface area contributed by atoms with E-state index in [0.29, 0.717) is 11.7 Å². The lowest BCUT2D eigenvalue weighted by Crippen LogP contribution is -2.39. The van der Waals surface area contributed by atoms with Gasteiger partial charge in [0, 0.05) is 18.3 Å². The van der Waals surface area contributed by atoms with Crippen molar-refractivity contribution in [2.45, 2.75) is 57.4 Å². The molecule has 0 bridgehead atoms. The van der Waals surface area contributed by atoms with E-state index in [-0.39, 0.29) is 0 Å². The molecule has 0 aromatic heterocycles. The third kappa shape index (κ3) is 4.44. The Balaban J connectivity index is 2.10. The molecule has 0 atom stereocenters. The van der Waals surface area contributed by atoms with Gasteiger partial charge >= 0.3 is 5.97 Å². The van der Waals surface area contributed by atoms with Gasteiger partial charge in [0.2, 0.25) is 0 Å². The van der Waals surface area contributed by atoms with Crippen LogP contribution in [0.5, 0.6) is 0 Å². The van der Waals surface area contributed by atoms with E-state index in [1.165, 1.54) is 32.1 Å². The first-order chi connectivity index (χ1) is 9.29. The predicted molar refractivity (Wildman–Crippen MR) is 80.5 cm³/mol. The highest BCUT2D eigenvalue weighted by molar-refractivity contribution is 7.99. The van der Waals surface area contributed by atoms with Crippen LogP contribution < -0.4 is 0 Å². The average molecular weight is 283 g/mol. The van der Waals surface area contributed by atoms with Crippen LogP contribution in [0, 0.1) is 0 Å². The van der Waals surface area contributed by atoms with Crippen molar-refractivity contribution in [3.8, 4) is 0 Å². The molecular weight excluding hydrogens is 258 g/mol. The lowest BCUT2D eigenvalue weighted by Gasteiger charge is -2.36. The highest BCUT2D eigenvalue weighted by Gasteiger charge is 2.25. The zero-order valence-electron chi connectivity index (χ0n) is 11.6. The summed E-state index contributed by atoms with van der Waals surface area (Å²) in [5.41, 5.74) is 0.553. The van der Waals surface area contributed by atoms with Crippen molar-refractivity contribution in [3.63, 3.8) is 0 Å². The molecule has 1 heterocycles. The Morgan fingerprint density at radius 1 is 1.16 bits per heavy atom. The van der Waals surface area contributed by atoms with Gasteiger partial charge < -0.3 is 10.0 Å². The van der Waals surface area contributed by atoms with Crippen LogP contribution in [0.1, 0.15) is 51.4 Å². The van der Waals surface area contributed by atoms with Gasteiger partial charge in [-0.3, -0.25) is 0 Å². The second kappa shape index (κ2) is 7.83. The van der Waals surface area contributed by atoms with Crippen molar-refractivity contribution in [3.05, 3.63) is 11.8 Å². The number of carbonyl (C=O) groups is 1. The number of aliphatic carboxylic acids is 1. The number of hydrogen-bond donors (Lipinski definition) is 1. The Labute approximate surface area is 120 Å². The van der Waals surface area contributed by atoms with Crippen LogP contribution >= 0.6 is 11.8 Å². The molecule has 1 aliphatic heterocycles. The number of carboxylic acid groups (broad SMARTS) is 1. The molecule has 0 aromatic carbocycles. The number of hydrogen-bond acceptors (Lipinski definition) is 3. The minimum atomic E-state index is -0.746. The molecule has 1 fully saturated rings. The molecule has 0 saturated heterocycles. The van der Waals surface area contributed by atoms with Crippen LogP contribution in [0.25, 0.3) is 0 Å². The summed E-state index contributed by atoms with van der Waals surface area (Å²) in [5, 5.41) is 9.46. The molecule has 0 spiro atoms. The topological polar surface area (TPSA) is 40.5 Å². The van der Waals surface area contributed by atoms with Crippen LogP contribution in [0.3, 0.4) is 0 Å². The van der Waals surface area contributed by atoms with E-state index in [4.69, 9.17) is 0 Å². The molecule has 1 N–H and O–H groups in total. The van der Waals surface area contributed by atoms with E-state index in [9.17, 15) is 9.90 Å². The van der Waals surface area contributed by atoms with E-state index in [1.54, 1.807) is 0 Å². The van der Waals surface area contributed by atoms with Gasteiger partial charge in [0.25, 0.3) is 0 Å². The molecule has 19 heavy (non-hydrogen) atoms. The maximum Gasteiger partial charge on any atom is 0.351 e. The number of carboxylic acids is 1. The number of thioether (sulfide) groups is 1. The largest absolute Gasteiger partial charge is 0.477 e. The first-order valence-corrected chi connectivity index (χ1v) is 8.72. The standard InChI is InChI=1S/C15H25NO2S/c17-15(18)14-9-12-19-11-6-10-16(14)13-7-4-2-1-3-5-8-13/h9,13H,1-8,10-12H2,(H,17,18). The normalized spacial score (nSPS) is 23.8. The molecule has 1 aliphatic carbocycles. The fourth-order valence-corrected chi connectivity index (χ4v) is 3.91. The molecule has 1 saturated carbocycles. The van der Waals surface area contributed by atoms with E-state index >= 15 is 0 Å². The van der Waals surface area contributed by atoms with Gasteiger partial charge in [-0.2, -0.15) is 11.8 Å². The zero-order chi connectivity index (χ0) is 13.5. The monoisotopic (exact) mass is 283 g/mol. The first-order valence-electron chi connectivity index (χ1n) is 7.57. The Kier molecular flexibility index (Phi) is 6.08. The molecule has 0 radical (unpaired) electrons. The molecule has 3 nitrogen and oxygen atoms in total. The van der Waals surface area contributed by atoms with Gasteiger partial charge in [-0.15, -0.1) is 0 Å². The quantitative estimate of drug-likeness (QED) is 0.842. The molecular formula is C15H25NO2S. The van der Waals surface area contributed by atoms with E-state index in [1.807, 2.05) is 17.8 Å². The minimum Gasteiger partial charge on any atom is -0.477 e. The minimum absolute atomic E-state index is 0.450. The van der Waals surface area contributed by atoms with Gasteiger partial charge in [-0.1, -0.05) is 32.1 Å². The smallest absolute Gasteiger partial charge is 0.351 e. The van der Waals surface area contributed by atoms with E-state index in [0.717, 1.165) is 37.3 Å². The Bertz CT molecular complexity index is 322. The van der Waals surface area contributed by atoms with Crippen molar-refractivity contribution >= 4 is 17.7 Å². The summed E-state index contributed by atoms with van der Waals surface area (Å²) < 4.78 is 0. The van der Waals surface area contributed by atoms with Gasteiger partial charge in [0.15, 0.2) is 0 Å². The third-order valence-electron chi connectivity index (χ3n) is 4.13.